The highest BCUT2D eigenvalue weighted by Crippen LogP contribution is 2.20. The summed E-state index contributed by atoms with van der Waals surface area (Å²) in [6.07, 6.45) is 2.59. The molecule has 1 aromatic heterocycles. The number of aromatic nitrogens is 1. The first-order valence-electron chi connectivity index (χ1n) is 5.49. The minimum absolute atomic E-state index is 0.236. The van der Waals surface area contributed by atoms with Gasteiger partial charge in [-0.25, -0.2) is 0 Å². The fraction of sp³-hybridized carbons (Fsp3) is 0.143. The van der Waals surface area contributed by atoms with Crippen LogP contribution in [0.3, 0.4) is 0 Å². The van der Waals surface area contributed by atoms with Crippen molar-refractivity contribution in [1.29, 1.82) is 0 Å². The highest BCUT2D eigenvalue weighted by molar-refractivity contribution is 5.64. The highest BCUT2D eigenvalue weighted by atomic mass is 16.3. The summed E-state index contributed by atoms with van der Waals surface area (Å²) in [5.41, 5.74) is 2.36. The van der Waals surface area contributed by atoms with Crippen LogP contribution in [0.5, 0.6) is 5.75 Å². The van der Waals surface area contributed by atoms with Gasteiger partial charge in [-0.05, 0) is 41.8 Å². The van der Waals surface area contributed by atoms with Crippen molar-refractivity contribution >= 4 is 0 Å². The lowest BCUT2D eigenvalue weighted by atomic mass is 10.1. The Morgan fingerprint density at radius 1 is 1.18 bits per heavy atom. The molecule has 0 radical (unpaired) electrons. The Balaban J connectivity index is 2.57. The lowest BCUT2D eigenvalue weighted by Crippen LogP contribution is -1.91. The van der Waals surface area contributed by atoms with Crippen LogP contribution < -0.4 is 5.43 Å². The number of hydrogen-bond donors (Lipinski definition) is 1. The summed E-state index contributed by atoms with van der Waals surface area (Å²) in [5.74, 6) is -0.236. The molecule has 1 N–H and O–H groups in total. The first kappa shape index (κ1) is 11.3. The van der Waals surface area contributed by atoms with Crippen molar-refractivity contribution in [1.82, 2.24) is 4.98 Å². The Bertz CT molecular complexity index is 594. The Hall–Kier alpha value is -2.16. The molecule has 0 atom stereocenters. The maximum absolute atomic E-state index is 11.3. The number of pyridine rings is 1. The van der Waals surface area contributed by atoms with E-state index >= 15 is 0 Å². The van der Waals surface area contributed by atoms with Crippen molar-refractivity contribution in [2.45, 2.75) is 13.3 Å². The number of hydrogen-bond acceptors (Lipinski definition) is 3. The minimum atomic E-state index is -0.374. The zero-order chi connectivity index (χ0) is 12.3. The van der Waals surface area contributed by atoms with Crippen LogP contribution in [-0.4, -0.2) is 10.1 Å². The van der Waals surface area contributed by atoms with E-state index in [0.29, 0.717) is 0 Å². The average Bonchev–Trinajstić information content (AvgIpc) is 2.52. The topological polar surface area (TPSA) is 50.2 Å². The van der Waals surface area contributed by atoms with Crippen molar-refractivity contribution < 1.29 is 5.11 Å². The maximum atomic E-state index is 11.3. The van der Waals surface area contributed by atoms with E-state index in [-0.39, 0.29) is 11.2 Å². The SMILES string of the molecule is CCc1cc(-c2cccc(=O)c(O)c2)ccn1. The summed E-state index contributed by atoms with van der Waals surface area (Å²) >= 11 is 0. The predicted molar refractivity (Wildman–Crippen MR) is 67.0 cm³/mol. The van der Waals surface area contributed by atoms with E-state index in [1.54, 1.807) is 18.3 Å². The molecule has 0 aliphatic rings. The molecule has 0 amide bonds. The zero-order valence-electron chi connectivity index (χ0n) is 9.55. The first-order valence-corrected chi connectivity index (χ1v) is 5.49. The van der Waals surface area contributed by atoms with Crippen LogP contribution in [-0.2, 0) is 6.42 Å². The van der Waals surface area contributed by atoms with Crippen LogP contribution in [0.15, 0.2) is 47.4 Å². The smallest absolute Gasteiger partial charge is 0.220 e. The summed E-state index contributed by atoms with van der Waals surface area (Å²) in [6.45, 7) is 2.03. The predicted octanol–water partition coefficient (Wildman–Crippen LogP) is 2.38. The van der Waals surface area contributed by atoms with Gasteiger partial charge in [-0.15, -0.1) is 0 Å². The molecule has 2 rings (SSSR count). The van der Waals surface area contributed by atoms with Crippen LogP contribution in [0.25, 0.3) is 11.1 Å². The second-order valence-electron chi connectivity index (χ2n) is 3.76. The summed E-state index contributed by atoms with van der Waals surface area (Å²) in [6, 6.07) is 10.1. The van der Waals surface area contributed by atoms with Crippen LogP contribution in [0.2, 0.25) is 0 Å². The standard InChI is InChI=1S/C14H13NO2/c1-2-12-8-11(6-7-15-12)10-4-3-5-13(16)14(17)9-10/h3-9H,2H2,1H3,(H,16,17). The Morgan fingerprint density at radius 3 is 2.71 bits per heavy atom. The van der Waals surface area contributed by atoms with Crippen LogP contribution in [0.1, 0.15) is 12.6 Å². The molecule has 1 heterocycles. The first-order chi connectivity index (χ1) is 8.20. The van der Waals surface area contributed by atoms with E-state index in [1.807, 2.05) is 19.1 Å². The molecule has 0 saturated carbocycles. The molecular formula is C14H13NO2. The normalized spacial score (nSPS) is 10.2. The molecule has 17 heavy (non-hydrogen) atoms. The lowest BCUT2D eigenvalue weighted by Gasteiger charge is -2.01. The number of aryl methyl sites for hydroxylation is 1. The molecule has 0 aliphatic heterocycles. The second-order valence-corrected chi connectivity index (χ2v) is 3.76. The van der Waals surface area contributed by atoms with E-state index in [0.717, 1.165) is 23.2 Å². The van der Waals surface area contributed by atoms with Gasteiger partial charge in [0.25, 0.3) is 0 Å². The molecule has 1 aromatic carbocycles. The van der Waals surface area contributed by atoms with Gasteiger partial charge >= 0.3 is 0 Å². The molecule has 86 valence electrons. The monoisotopic (exact) mass is 227 g/mol. The minimum Gasteiger partial charge on any atom is -0.504 e. The lowest BCUT2D eigenvalue weighted by molar-refractivity contribution is 0.471. The maximum Gasteiger partial charge on any atom is 0.220 e. The Kier molecular flexibility index (Phi) is 3.19. The third-order valence-electron chi connectivity index (χ3n) is 2.58. The van der Waals surface area contributed by atoms with Crippen molar-refractivity contribution in [3.8, 4) is 16.9 Å². The van der Waals surface area contributed by atoms with Gasteiger partial charge in [0.15, 0.2) is 5.75 Å². The summed E-state index contributed by atoms with van der Waals surface area (Å²) in [4.78, 5) is 15.5. The third-order valence-corrected chi connectivity index (χ3v) is 2.58. The van der Waals surface area contributed by atoms with Gasteiger partial charge in [-0.1, -0.05) is 19.1 Å². The largest absolute Gasteiger partial charge is 0.504 e. The van der Waals surface area contributed by atoms with Gasteiger partial charge in [0.1, 0.15) is 0 Å². The fourth-order valence-electron chi connectivity index (χ4n) is 1.62. The van der Waals surface area contributed by atoms with Gasteiger partial charge in [0, 0.05) is 11.9 Å². The van der Waals surface area contributed by atoms with Gasteiger partial charge in [0.2, 0.25) is 5.43 Å². The molecule has 0 saturated heterocycles. The van der Waals surface area contributed by atoms with Crippen molar-refractivity contribution in [2.24, 2.45) is 0 Å². The molecule has 0 fully saturated rings. The van der Waals surface area contributed by atoms with Gasteiger partial charge in [-0.3, -0.25) is 9.78 Å². The molecule has 2 aromatic rings. The molecule has 0 unspecified atom stereocenters. The highest BCUT2D eigenvalue weighted by Gasteiger charge is 2.01. The molecular weight excluding hydrogens is 214 g/mol. The number of nitrogens with zero attached hydrogens (tertiary/aromatic N) is 1. The zero-order valence-corrected chi connectivity index (χ0v) is 9.55. The summed E-state index contributed by atoms with van der Waals surface area (Å²) in [5, 5.41) is 9.52. The van der Waals surface area contributed by atoms with Crippen LogP contribution in [0, 0.1) is 0 Å². The van der Waals surface area contributed by atoms with Gasteiger partial charge in [-0.2, -0.15) is 0 Å². The second kappa shape index (κ2) is 4.78. The summed E-state index contributed by atoms with van der Waals surface area (Å²) in [7, 11) is 0. The molecule has 3 heteroatoms. The van der Waals surface area contributed by atoms with Crippen LogP contribution >= 0.6 is 0 Å². The molecule has 3 nitrogen and oxygen atoms in total. The molecule has 0 spiro atoms. The quantitative estimate of drug-likeness (QED) is 0.856. The van der Waals surface area contributed by atoms with Gasteiger partial charge < -0.3 is 5.11 Å². The van der Waals surface area contributed by atoms with Crippen LogP contribution in [0.4, 0.5) is 0 Å². The molecule has 0 bridgehead atoms. The third kappa shape index (κ3) is 2.50. The Morgan fingerprint density at radius 2 is 1.94 bits per heavy atom. The summed E-state index contributed by atoms with van der Waals surface area (Å²) < 4.78 is 0. The van der Waals surface area contributed by atoms with Crippen molar-refractivity contribution in [3.63, 3.8) is 0 Å². The van der Waals surface area contributed by atoms with E-state index < -0.39 is 0 Å². The fourth-order valence-corrected chi connectivity index (χ4v) is 1.62. The van der Waals surface area contributed by atoms with Crippen molar-refractivity contribution in [3.05, 3.63) is 58.5 Å². The van der Waals surface area contributed by atoms with E-state index in [9.17, 15) is 9.90 Å². The Labute approximate surface area is 99.4 Å². The van der Waals surface area contributed by atoms with Crippen molar-refractivity contribution in [2.75, 3.05) is 0 Å². The van der Waals surface area contributed by atoms with E-state index in [2.05, 4.69) is 4.98 Å². The number of rotatable bonds is 2. The average molecular weight is 227 g/mol. The van der Waals surface area contributed by atoms with E-state index in [1.165, 1.54) is 12.1 Å². The van der Waals surface area contributed by atoms with E-state index in [4.69, 9.17) is 0 Å². The molecule has 0 aliphatic carbocycles. The number of aromatic hydroxyl groups is 1. The van der Waals surface area contributed by atoms with Gasteiger partial charge in [0.05, 0.1) is 0 Å².